The van der Waals surface area contributed by atoms with Crippen LogP contribution in [0.4, 0.5) is 11.4 Å². The third-order valence-corrected chi connectivity index (χ3v) is 7.51. The summed E-state index contributed by atoms with van der Waals surface area (Å²) in [5, 5.41) is 0. The molecule has 1 amide bonds. The largest absolute Gasteiger partial charge is 0.497 e. The molecule has 3 aromatic rings. The molecular formula is C25H26N2O4S. The van der Waals surface area contributed by atoms with Crippen LogP contribution in [0.3, 0.4) is 0 Å². The lowest BCUT2D eigenvalue weighted by molar-refractivity contribution is -0.117. The topological polar surface area (TPSA) is 66.9 Å². The number of methoxy groups -OCH3 is 1. The van der Waals surface area contributed by atoms with Crippen molar-refractivity contribution in [2.24, 2.45) is 0 Å². The van der Waals surface area contributed by atoms with Crippen LogP contribution in [-0.2, 0) is 21.2 Å². The first-order chi connectivity index (χ1) is 15.3. The van der Waals surface area contributed by atoms with Gasteiger partial charge in [-0.1, -0.05) is 35.9 Å². The Morgan fingerprint density at radius 3 is 2.34 bits per heavy atom. The van der Waals surface area contributed by atoms with Crippen LogP contribution >= 0.6 is 0 Å². The quantitative estimate of drug-likeness (QED) is 0.565. The molecule has 3 aromatic carbocycles. The predicted octanol–water partition coefficient (Wildman–Crippen LogP) is 4.18. The van der Waals surface area contributed by atoms with Crippen LogP contribution in [0.1, 0.15) is 18.1 Å². The van der Waals surface area contributed by atoms with Crippen LogP contribution < -0.4 is 13.9 Å². The van der Waals surface area contributed by atoms with E-state index in [1.54, 1.807) is 29.2 Å². The SMILES string of the molecule is COc1ccc(S(=O)(=O)N(CC(=O)N2c3ccccc3CC2C)c2ccc(C)cc2)cc1. The van der Waals surface area contributed by atoms with Crippen molar-refractivity contribution in [3.8, 4) is 5.75 Å². The van der Waals surface area contributed by atoms with Crippen LogP contribution in [0.25, 0.3) is 0 Å². The summed E-state index contributed by atoms with van der Waals surface area (Å²) in [5.41, 5.74) is 3.38. The first-order valence-electron chi connectivity index (χ1n) is 10.4. The van der Waals surface area contributed by atoms with E-state index < -0.39 is 10.0 Å². The normalized spacial score (nSPS) is 15.3. The lowest BCUT2D eigenvalue weighted by atomic mass is 10.1. The number of amides is 1. The Bertz CT molecular complexity index is 1220. The van der Waals surface area contributed by atoms with Crippen molar-refractivity contribution >= 4 is 27.3 Å². The summed E-state index contributed by atoms with van der Waals surface area (Å²) < 4.78 is 33.6. The molecule has 0 saturated carbocycles. The molecule has 166 valence electrons. The summed E-state index contributed by atoms with van der Waals surface area (Å²) in [6, 6.07) is 21.0. The predicted molar refractivity (Wildman–Crippen MR) is 126 cm³/mol. The molecule has 0 radical (unpaired) electrons. The highest BCUT2D eigenvalue weighted by molar-refractivity contribution is 7.92. The number of rotatable bonds is 6. The van der Waals surface area contributed by atoms with E-state index in [9.17, 15) is 13.2 Å². The minimum absolute atomic E-state index is 0.0385. The molecule has 0 spiro atoms. The Kier molecular flexibility index (Phi) is 5.93. The van der Waals surface area contributed by atoms with Gasteiger partial charge in [-0.3, -0.25) is 9.10 Å². The third kappa shape index (κ3) is 4.08. The number of para-hydroxylation sites is 1. The van der Waals surface area contributed by atoms with Gasteiger partial charge in [0, 0.05) is 11.7 Å². The molecule has 32 heavy (non-hydrogen) atoms. The van der Waals surface area contributed by atoms with Gasteiger partial charge in [-0.25, -0.2) is 8.42 Å². The van der Waals surface area contributed by atoms with Gasteiger partial charge in [-0.05, 0) is 68.3 Å². The molecule has 1 heterocycles. The molecule has 1 atom stereocenters. The van der Waals surface area contributed by atoms with Crippen molar-refractivity contribution in [2.75, 3.05) is 22.9 Å². The number of benzene rings is 3. The van der Waals surface area contributed by atoms with E-state index >= 15 is 0 Å². The molecule has 0 bridgehead atoms. The monoisotopic (exact) mass is 450 g/mol. The molecule has 6 nitrogen and oxygen atoms in total. The summed E-state index contributed by atoms with van der Waals surface area (Å²) in [6.45, 7) is 3.61. The number of hydrogen-bond acceptors (Lipinski definition) is 4. The van der Waals surface area contributed by atoms with E-state index in [1.165, 1.54) is 23.5 Å². The highest BCUT2D eigenvalue weighted by Gasteiger charge is 2.34. The minimum atomic E-state index is -3.98. The van der Waals surface area contributed by atoms with E-state index in [0.717, 1.165) is 23.2 Å². The molecule has 0 fully saturated rings. The molecule has 1 aliphatic heterocycles. The molecule has 7 heteroatoms. The first kappa shape index (κ1) is 21.9. The van der Waals surface area contributed by atoms with Gasteiger partial charge in [0.2, 0.25) is 5.91 Å². The van der Waals surface area contributed by atoms with Gasteiger partial charge in [-0.15, -0.1) is 0 Å². The summed E-state index contributed by atoms with van der Waals surface area (Å²) in [5.74, 6) is 0.296. The second-order valence-electron chi connectivity index (χ2n) is 7.97. The zero-order chi connectivity index (χ0) is 22.9. The van der Waals surface area contributed by atoms with Crippen LogP contribution in [0.15, 0.2) is 77.7 Å². The van der Waals surface area contributed by atoms with Gasteiger partial charge in [0.25, 0.3) is 10.0 Å². The average molecular weight is 451 g/mol. The fraction of sp³-hybridized carbons (Fsp3) is 0.240. The third-order valence-electron chi connectivity index (χ3n) is 5.72. The second-order valence-corrected chi connectivity index (χ2v) is 9.83. The molecule has 0 N–H and O–H groups in total. The number of hydrogen-bond donors (Lipinski definition) is 0. The molecular weight excluding hydrogens is 424 g/mol. The maximum absolute atomic E-state index is 13.6. The zero-order valence-electron chi connectivity index (χ0n) is 18.4. The van der Waals surface area contributed by atoms with Crippen molar-refractivity contribution in [3.63, 3.8) is 0 Å². The smallest absolute Gasteiger partial charge is 0.264 e. The highest BCUT2D eigenvalue weighted by atomic mass is 32.2. The van der Waals surface area contributed by atoms with Gasteiger partial charge < -0.3 is 9.64 Å². The number of carbonyl (C=O) groups excluding carboxylic acids is 1. The average Bonchev–Trinajstić information content (AvgIpc) is 3.13. The lowest BCUT2D eigenvalue weighted by Gasteiger charge is -2.29. The number of nitrogens with zero attached hydrogens (tertiary/aromatic N) is 2. The van der Waals surface area contributed by atoms with Gasteiger partial charge >= 0.3 is 0 Å². The standard InChI is InChI=1S/C25H26N2O4S/c1-18-8-10-21(11-9-18)26(32(29,30)23-14-12-22(31-3)13-15-23)17-25(28)27-19(2)16-20-6-4-5-7-24(20)27/h4-15,19H,16-17H2,1-3H3. The molecule has 4 rings (SSSR count). The Morgan fingerprint density at radius 2 is 1.69 bits per heavy atom. The van der Waals surface area contributed by atoms with Crippen LogP contribution in [0.5, 0.6) is 5.75 Å². The molecule has 1 aliphatic rings. The van der Waals surface area contributed by atoms with Gasteiger partial charge in [-0.2, -0.15) is 0 Å². The fourth-order valence-electron chi connectivity index (χ4n) is 4.05. The maximum atomic E-state index is 13.6. The Labute approximate surface area is 189 Å². The van der Waals surface area contributed by atoms with Gasteiger partial charge in [0.05, 0.1) is 17.7 Å². The highest BCUT2D eigenvalue weighted by Crippen LogP contribution is 2.33. The van der Waals surface area contributed by atoms with E-state index in [2.05, 4.69) is 0 Å². The Hall–Kier alpha value is -3.32. The molecule has 0 aliphatic carbocycles. The van der Waals surface area contributed by atoms with Crippen molar-refractivity contribution in [3.05, 3.63) is 83.9 Å². The fourth-order valence-corrected chi connectivity index (χ4v) is 5.46. The van der Waals surface area contributed by atoms with Crippen molar-refractivity contribution in [1.82, 2.24) is 0 Å². The van der Waals surface area contributed by atoms with Crippen LogP contribution in [0.2, 0.25) is 0 Å². The first-order valence-corrected chi connectivity index (χ1v) is 11.9. The number of aryl methyl sites for hydroxylation is 1. The van der Waals surface area contributed by atoms with Crippen LogP contribution in [0, 0.1) is 6.92 Å². The number of fused-ring (bicyclic) bond motifs is 1. The number of anilines is 2. The number of carbonyl (C=O) groups is 1. The van der Waals surface area contributed by atoms with E-state index in [0.29, 0.717) is 11.4 Å². The summed E-state index contributed by atoms with van der Waals surface area (Å²) in [7, 11) is -2.46. The number of ether oxygens (including phenoxy) is 1. The van der Waals surface area contributed by atoms with Crippen molar-refractivity contribution in [1.29, 1.82) is 0 Å². The molecule has 0 saturated heterocycles. The van der Waals surface area contributed by atoms with E-state index in [-0.39, 0.29) is 23.4 Å². The van der Waals surface area contributed by atoms with Crippen LogP contribution in [-0.4, -0.2) is 34.0 Å². The molecule has 1 unspecified atom stereocenters. The zero-order valence-corrected chi connectivity index (χ0v) is 19.2. The van der Waals surface area contributed by atoms with Crippen molar-refractivity contribution in [2.45, 2.75) is 31.2 Å². The summed E-state index contributed by atoms with van der Waals surface area (Å²) >= 11 is 0. The number of sulfonamides is 1. The lowest BCUT2D eigenvalue weighted by Crippen LogP contribution is -2.45. The summed E-state index contributed by atoms with van der Waals surface area (Å²) in [4.78, 5) is 15.3. The Morgan fingerprint density at radius 1 is 1.03 bits per heavy atom. The maximum Gasteiger partial charge on any atom is 0.264 e. The molecule has 0 aromatic heterocycles. The van der Waals surface area contributed by atoms with Gasteiger partial charge in [0.1, 0.15) is 12.3 Å². The summed E-state index contributed by atoms with van der Waals surface area (Å²) in [6.07, 6.45) is 0.748. The minimum Gasteiger partial charge on any atom is -0.497 e. The van der Waals surface area contributed by atoms with Gasteiger partial charge in [0.15, 0.2) is 0 Å². The van der Waals surface area contributed by atoms with E-state index in [1.807, 2.05) is 50.2 Å². The Balaban J connectivity index is 1.72. The van der Waals surface area contributed by atoms with Crippen molar-refractivity contribution < 1.29 is 17.9 Å². The van der Waals surface area contributed by atoms with E-state index in [4.69, 9.17) is 4.74 Å². The second kappa shape index (κ2) is 8.67.